The number of carbonyl (C=O) groups excluding carboxylic acids is 1. The molecule has 0 bridgehead atoms. The van der Waals surface area contributed by atoms with Gasteiger partial charge in [-0.1, -0.05) is 30.3 Å². The van der Waals surface area contributed by atoms with Gasteiger partial charge in [-0.3, -0.25) is 4.79 Å². The van der Waals surface area contributed by atoms with Crippen LogP contribution in [0.5, 0.6) is 0 Å². The first kappa shape index (κ1) is 21.3. The highest BCUT2D eigenvalue weighted by Crippen LogP contribution is 2.31. The second-order valence-corrected chi connectivity index (χ2v) is 7.80. The van der Waals surface area contributed by atoms with Gasteiger partial charge < -0.3 is 9.88 Å². The van der Waals surface area contributed by atoms with Gasteiger partial charge in [0, 0.05) is 18.7 Å². The number of hydrogen-bond acceptors (Lipinski definition) is 4. The Bertz CT molecular complexity index is 1520. The van der Waals surface area contributed by atoms with Gasteiger partial charge in [0.25, 0.3) is 0 Å². The summed E-state index contributed by atoms with van der Waals surface area (Å²) in [6, 6.07) is 19.5. The van der Waals surface area contributed by atoms with E-state index in [-0.39, 0.29) is 11.7 Å². The fourth-order valence-corrected chi connectivity index (χ4v) is 3.69. The summed E-state index contributed by atoms with van der Waals surface area (Å²) in [5.74, 6) is 0.616. The minimum atomic E-state index is -0.302. The lowest BCUT2D eigenvalue weighted by Crippen LogP contribution is -2.07. The second-order valence-electron chi connectivity index (χ2n) is 7.80. The molecule has 0 saturated heterocycles. The molecular formula is C26H21FN6O. The van der Waals surface area contributed by atoms with Gasteiger partial charge in [0.2, 0.25) is 5.91 Å². The number of halogens is 1. The van der Waals surface area contributed by atoms with E-state index in [1.807, 2.05) is 61.0 Å². The highest BCUT2D eigenvalue weighted by Gasteiger charge is 2.18. The molecule has 7 nitrogen and oxygen atoms in total. The molecule has 0 atom stereocenters. The van der Waals surface area contributed by atoms with Crippen molar-refractivity contribution >= 4 is 23.4 Å². The minimum Gasteiger partial charge on any atom is -0.330 e. The van der Waals surface area contributed by atoms with Crippen LogP contribution in [0.1, 0.15) is 11.4 Å². The van der Waals surface area contributed by atoms with Crippen LogP contribution in [-0.2, 0) is 11.8 Å². The number of aromatic nitrogens is 5. The Labute approximate surface area is 195 Å². The summed E-state index contributed by atoms with van der Waals surface area (Å²) in [5.41, 5.74) is 4.51. The molecule has 2 aromatic carbocycles. The summed E-state index contributed by atoms with van der Waals surface area (Å²) in [6.45, 7) is 1.91. The van der Waals surface area contributed by atoms with Gasteiger partial charge in [0.05, 0.1) is 17.6 Å². The molecule has 0 aliphatic heterocycles. The Morgan fingerprint density at radius 2 is 1.76 bits per heavy atom. The maximum Gasteiger partial charge on any atom is 0.249 e. The number of anilines is 1. The number of nitrogens with zero attached hydrogens (tertiary/aromatic N) is 5. The quantitative estimate of drug-likeness (QED) is 0.385. The van der Waals surface area contributed by atoms with Crippen LogP contribution in [0.25, 0.3) is 34.4 Å². The zero-order valence-corrected chi connectivity index (χ0v) is 18.6. The van der Waals surface area contributed by atoms with E-state index in [0.29, 0.717) is 22.9 Å². The average Bonchev–Trinajstić information content (AvgIpc) is 3.38. The molecule has 1 N–H and O–H groups in total. The summed E-state index contributed by atoms with van der Waals surface area (Å²) >= 11 is 0. The number of carbonyl (C=O) groups is 1. The lowest BCUT2D eigenvalue weighted by Gasteiger charge is -2.07. The second kappa shape index (κ2) is 8.74. The van der Waals surface area contributed by atoms with Gasteiger partial charge in [0.1, 0.15) is 17.3 Å². The number of amides is 1. The third-order valence-corrected chi connectivity index (χ3v) is 5.48. The Kier molecular flexibility index (Phi) is 5.47. The minimum absolute atomic E-state index is 0.284. The van der Waals surface area contributed by atoms with Crippen LogP contribution in [0, 0.1) is 12.7 Å². The fourth-order valence-electron chi connectivity index (χ4n) is 3.69. The van der Waals surface area contributed by atoms with E-state index >= 15 is 0 Å². The molecule has 0 saturated carbocycles. The monoisotopic (exact) mass is 452 g/mol. The number of imidazole rings is 2. The zero-order chi connectivity index (χ0) is 23.7. The lowest BCUT2D eigenvalue weighted by atomic mass is 10.1. The molecule has 5 rings (SSSR count). The molecule has 0 spiro atoms. The number of benzene rings is 2. The number of nitrogens with one attached hydrogen (secondary N) is 1. The molecule has 0 aliphatic carbocycles. The summed E-state index contributed by atoms with van der Waals surface area (Å²) in [4.78, 5) is 21.4. The van der Waals surface area contributed by atoms with Crippen LogP contribution in [0.15, 0.2) is 79.0 Å². The maximum absolute atomic E-state index is 13.4. The van der Waals surface area contributed by atoms with E-state index in [2.05, 4.69) is 15.3 Å². The van der Waals surface area contributed by atoms with Crippen LogP contribution in [-0.4, -0.2) is 30.1 Å². The Hall–Kier alpha value is -4.59. The van der Waals surface area contributed by atoms with Crippen molar-refractivity contribution in [3.63, 3.8) is 0 Å². The van der Waals surface area contributed by atoms with E-state index < -0.39 is 0 Å². The van der Waals surface area contributed by atoms with E-state index in [1.54, 1.807) is 28.9 Å². The highest BCUT2D eigenvalue weighted by atomic mass is 19.1. The summed E-state index contributed by atoms with van der Waals surface area (Å²) in [6.07, 6.45) is 4.86. The molecule has 0 aliphatic rings. The molecule has 8 heteroatoms. The Balaban J connectivity index is 1.44. The predicted octanol–water partition coefficient (Wildman–Crippen LogP) is 4.90. The average molecular weight is 452 g/mol. The molecule has 1 amide bonds. The van der Waals surface area contributed by atoms with Crippen molar-refractivity contribution in [1.82, 2.24) is 24.1 Å². The van der Waals surface area contributed by atoms with Crippen molar-refractivity contribution in [3.8, 4) is 22.6 Å². The number of fused-ring (bicyclic) bond motifs is 1. The summed E-state index contributed by atoms with van der Waals surface area (Å²) in [5, 5.41) is 7.46. The van der Waals surface area contributed by atoms with Crippen LogP contribution >= 0.6 is 0 Å². The van der Waals surface area contributed by atoms with Crippen LogP contribution in [0.4, 0.5) is 10.2 Å². The van der Waals surface area contributed by atoms with E-state index in [0.717, 1.165) is 22.6 Å². The van der Waals surface area contributed by atoms with Gasteiger partial charge in [-0.2, -0.15) is 5.10 Å². The van der Waals surface area contributed by atoms with E-state index in [4.69, 9.17) is 5.10 Å². The van der Waals surface area contributed by atoms with Gasteiger partial charge >= 0.3 is 0 Å². The van der Waals surface area contributed by atoms with Crippen molar-refractivity contribution in [2.45, 2.75) is 6.92 Å². The first-order valence-corrected chi connectivity index (χ1v) is 10.7. The molecule has 3 aromatic heterocycles. The van der Waals surface area contributed by atoms with Gasteiger partial charge in [-0.05, 0) is 55.0 Å². The normalized spacial score (nSPS) is 11.4. The molecule has 5 aromatic rings. The lowest BCUT2D eigenvalue weighted by molar-refractivity contribution is -0.111. The van der Waals surface area contributed by atoms with Gasteiger partial charge in [0.15, 0.2) is 11.5 Å². The maximum atomic E-state index is 13.4. The Morgan fingerprint density at radius 1 is 1.00 bits per heavy atom. The molecular weight excluding hydrogens is 431 g/mol. The first-order valence-electron chi connectivity index (χ1n) is 10.7. The molecule has 3 heterocycles. The van der Waals surface area contributed by atoms with Crippen molar-refractivity contribution < 1.29 is 9.18 Å². The number of hydrogen-bond donors (Lipinski definition) is 1. The predicted molar refractivity (Wildman–Crippen MR) is 129 cm³/mol. The van der Waals surface area contributed by atoms with Crippen molar-refractivity contribution in [1.29, 1.82) is 0 Å². The van der Waals surface area contributed by atoms with Crippen molar-refractivity contribution in [3.05, 3.63) is 96.2 Å². The zero-order valence-electron chi connectivity index (χ0n) is 18.6. The third-order valence-electron chi connectivity index (χ3n) is 5.48. The van der Waals surface area contributed by atoms with E-state index in [9.17, 15) is 9.18 Å². The van der Waals surface area contributed by atoms with E-state index in [1.165, 1.54) is 18.2 Å². The third kappa shape index (κ3) is 4.21. The standard InChI is InChI=1S/C26H21FN6O/c1-17-28-25(19-9-11-20(27)12-10-19)26(32(17)2)21-13-14-23-29-22(16-33(23)31-21)30-24(34)15-8-18-6-4-3-5-7-18/h3-16H,1-2H3,(H,30,34). The molecule has 0 unspecified atom stereocenters. The smallest absolute Gasteiger partial charge is 0.249 e. The molecule has 0 fully saturated rings. The summed E-state index contributed by atoms with van der Waals surface area (Å²) in [7, 11) is 1.91. The molecule has 0 radical (unpaired) electrons. The van der Waals surface area contributed by atoms with Gasteiger partial charge in [-0.25, -0.2) is 18.9 Å². The van der Waals surface area contributed by atoms with Crippen LogP contribution < -0.4 is 5.32 Å². The van der Waals surface area contributed by atoms with Crippen molar-refractivity contribution in [2.24, 2.45) is 7.05 Å². The Morgan fingerprint density at radius 3 is 2.53 bits per heavy atom. The largest absolute Gasteiger partial charge is 0.330 e. The van der Waals surface area contributed by atoms with Crippen LogP contribution in [0.2, 0.25) is 0 Å². The first-order chi connectivity index (χ1) is 16.5. The SMILES string of the molecule is Cc1nc(-c2ccc(F)cc2)c(-c2ccc3nc(NC(=O)C=Cc4ccccc4)cn3n2)n1C. The number of rotatable bonds is 5. The topological polar surface area (TPSA) is 77.1 Å². The van der Waals surface area contributed by atoms with Crippen molar-refractivity contribution in [2.75, 3.05) is 5.32 Å². The van der Waals surface area contributed by atoms with Gasteiger partial charge in [-0.15, -0.1) is 0 Å². The fraction of sp³-hybridized carbons (Fsp3) is 0.0769. The molecule has 168 valence electrons. The molecule has 34 heavy (non-hydrogen) atoms. The summed E-state index contributed by atoms with van der Waals surface area (Å²) < 4.78 is 17.0. The van der Waals surface area contributed by atoms with Crippen LogP contribution in [0.3, 0.4) is 0 Å². The number of aryl methyl sites for hydroxylation is 1. The highest BCUT2D eigenvalue weighted by molar-refractivity contribution is 6.01.